The number of aromatic amines is 1. The van der Waals surface area contributed by atoms with Crippen LogP contribution in [0.3, 0.4) is 0 Å². The van der Waals surface area contributed by atoms with Crippen LogP contribution in [0.1, 0.15) is 118 Å². The Labute approximate surface area is 544 Å². The highest BCUT2D eigenvalue weighted by Gasteiger charge is 2.42. The Balaban J connectivity index is 2.52. The van der Waals surface area contributed by atoms with Gasteiger partial charge in [-0.2, -0.15) is 0 Å². The summed E-state index contributed by atoms with van der Waals surface area (Å²) in [4.78, 5) is 172. The molecule has 1 aromatic rings. The molecular formula is C56H100N22O16. The highest BCUT2D eigenvalue weighted by atomic mass is 16.4. The minimum absolute atomic E-state index is 0.00412. The van der Waals surface area contributed by atoms with Crippen molar-refractivity contribution in [3.63, 3.8) is 0 Å². The lowest BCUT2D eigenvalue weighted by atomic mass is 9.96. The molecule has 0 saturated carbocycles. The second-order valence-corrected chi connectivity index (χ2v) is 23.4. The maximum atomic E-state index is 14.7. The molecule has 38 heteroatoms. The molecule has 0 unspecified atom stereocenters. The van der Waals surface area contributed by atoms with E-state index in [1.807, 2.05) is 0 Å². The molecule has 0 spiro atoms. The summed E-state index contributed by atoms with van der Waals surface area (Å²) in [6, 6.07) is -16.7. The number of carbonyl (C=O) groups is 11. The van der Waals surface area contributed by atoms with E-state index in [0.29, 0.717) is 12.1 Å². The molecule has 2 heterocycles. The van der Waals surface area contributed by atoms with Crippen LogP contribution in [0.2, 0.25) is 0 Å². The molecule has 0 bridgehead atoms. The molecular weight excluding hydrogens is 1240 g/mol. The van der Waals surface area contributed by atoms with Gasteiger partial charge in [-0.3, -0.25) is 62.9 Å². The number of carboxylic acids is 1. The van der Waals surface area contributed by atoms with E-state index < -0.39 is 162 Å². The molecule has 2 rings (SSSR count). The number of carboxylic acid groups (broad SMARTS) is 1. The van der Waals surface area contributed by atoms with E-state index in [4.69, 9.17) is 40.1 Å². The summed E-state index contributed by atoms with van der Waals surface area (Å²) >= 11 is 0. The highest BCUT2D eigenvalue weighted by molar-refractivity contribution is 5.99. The number of aliphatic imine (C=N–C) groups is 3. The first kappa shape index (κ1) is 81.1. The fraction of sp³-hybridized carbons (Fsp3) is 0.696. The number of guanidine groups is 3. The van der Waals surface area contributed by atoms with E-state index in [2.05, 4.69) is 72.8 Å². The zero-order chi connectivity index (χ0) is 71.1. The first-order valence-corrected chi connectivity index (χ1v) is 30.9. The molecule has 94 heavy (non-hydrogen) atoms. The van der Waals surface area contributed by atoms with Crippen molar-refractivity contribution in [2.75, 3.05) is 32.8 Å². The van der Waals surface area contributed by atoms with E-state index in [1.54, 1.807) is 27.7 Å². The van der Waals surface area contributed by atoms with Gasteiger partial charge in [-0.05, 0) is 90.4 Å². The van der Waals surface area contributed by atoms with Crippen LogP contribution < -0.4 is 88.0 Å². The van der Waals surface area contributed by atoms with E-state index in [-0.39, 0.29) is 114 Å². The molecule has 1 aliphatic rings. The first-order chi connectivity index (χ1) is 44.1. The average Bonchev–Trinajstić information content (AvgIpc) is 1.56. The second-order valence-electron chi connectivity index (χ2n) is 23.4. The van der Waals surface area contributed by atoms with Crippen LogP contribution in [-0.2, 0) is 59.2 Å². The third-order valence-electron chi connectivity index (χ3n) is 15.0. The number of imidazole rings is 1. The number of nitrogens with one attached hydrogen (secondary N) is 10. The molecule has 1 aromatic heterocycles. The van der Waals surface area contributed by atoms with Gasteiger partial charge in [-0.1, -0.05) is 34.1 Å². The first-order valence-electron chi connectivity index (χ1n) is 30.9. The lowest BCUT2D eigenvalue weighted by Gasteiger charge is -2.32. The van der Waals surface area contributed by atoms with Crippen LogP contribution in [0.5, 0.6) is 0 Å². The number of likely N-dealkylation sites (tertiary alicyclic amines) is 1. The molecule has 29 N–H and O–H groups in total. The van der Waals surface area contributed by atoms with Gasteiger partial charge in [0, 0.05) is 44.5 Å². The maximum absolute atomic E-state index is 14.7. The van der Waals surface area contributed by atoms with Crippen molar-refractivity contribution < 1.29 is 78.3 Å². The lowest BCUT2D eigenvalue weighted by Crippen LogP contribution is -2.62. The zero-order valence-electron chi connectivity index (χ0n) is 54.2. The van der Waals surface area contributed by atoms with E-state index in [0.717, 1.165) is 6.92 Å². The van der Waals surface area contributed by atoms with E-state index in [9.17, 15) is 78.3 Å². The van der Waals surface area contributed by atoms with E-state index in [1.165, 1.54) is 31.3 Å². The predicted molar refractivity (Wildman–Crippen MR) is 341 cm³/mol. The Kier molecular flexibility index (Phi) is 35.2. The Morgan fingerprint density at radius 3 is 1.44 bits per heavy atom. The van der Waals surface area contributed by atoms with Crippen LogP contribution in [0, 0.1) is 11.8 Å². The number of H-pyrrole nitrogens is 1. The van der Waals surface area contributed by atoms with Crippen LogP contribution in [0.15, 0.2) is 27.5 Å². The number of aliphatic hydroxyl groups is 4. The van der Waals surface area contributed by atoms with Crippen LogP contribution in [0.25, 0.3) is 0 Å². The number of amides is 10. The normalized spacial score (nSPS) is 17.3. The molecule has 1 saturated heterocycles. The van der Waals surface area contributed by atoms with Crippen LogP contribution in [0.4, 0.5) is 0 Å². The van der Waals surface area contributed by atoms with Crippen molar-refractivity contribution in [2.45, 2.75) is 204 Å². The molecule has 1 aliphatic heterocycles. The molecule has 0 aliphatic carbocycles. The van der Waals surface area contributed by atoms with Gasteiger partial charge in [0.2, 0.25) is 59.1 Å². The molecule has 1 fully saturated rings. The summed E-state index contributed by atoms with van der Waals surface area (Å²) in [7, 11) is 0. The van der Waals surface area contributed by atoms with Gasteiger partial charge in [-0.15, -0.1) is 0 Å². The minimum atomic E-state index is -1.77. The van der Waals surface area contributed by atoms with Gasteiger partial charge in [0.15, 0.2) is 17.9 Å². The summed E-state index contributed by atoms with van der Waals surface area (Å²) in [5.74, 6) is -12.8. The van der Waals surface area contributed by atoms with Gasteiger partial charge in [-0.25, -0.2) is 9.78 Å². The van der Waals surface area contributed by atoms with E-state index >= 15 is 0 Å². The number of aliphatic hydroxyl groups excluding tert-OH is 4. The zero-order valence-corrected chi connectivity index (χ0v) is 54.2. The van der Waals surface area contributed by atoms with Crippen molar-refractivity contribution in [1.82, 2.24) is 62.7 Å². The summed E-state index contributed by atoms with van der Waals surface area (Å²) in [5, 5.41) is 73.2. The number of rotatable bonds is 42. The Bertz CT molecular complexity index is 2760. The number of nitrogens with zero attached hydrogens (tertiary/aromatic N) is 5. The number of carbonyl (C=O) groups excluding carboxylic acids is 10. The van der Waals surface area contributed by atoms with Crippen molar-refractivity contribution in [3.05, 3.63) is 18.2 Å². The number of nitrogens with two attached hydrogens (primary N) is 7. The fourth-order valence-electron chi connectivity index (χ4n) is 9.61. The van der Waals surface area contributed by atoms with Crippen molar-refractivity contribution >= 4 is 82.9 Å². The van der Waals surface area contributed by atoms with Crippen molar-refractivity contribution in [1.29, 1.82) is 0 Å². The topological polar surface area (TPSA) is 648 Å². The van der Waals surface area contributed by atoms with Gasteiger partial charge >= 0.3 is 5.97 Å². The third kappa shape index (κ3) is 28.1. The highest BCUT2D eigenvalue weighted by Crippen LogP contribution is 2.22. The number of hydrogen-bond donors (Lipinski definition) is 22. The molecule has 38 nitrogen and oxygen atoms in total. The molecule has 0 radical (unpaired) electrons. The predicted octanol–water partition coefficient (Wildman–Crippen LogP) is -8.89. The minimum Gasteiger partial charge on any atom is -0.480 e. The summed E-state index contributed by atoms with van der Waals surface area (Å²) in [6.07, 6.45) is -1.75. The molecule has 0 aromatic carbocycles. The largest absolute Gasteiger partial charge is 0.480 e. The standard InChI is InChI=1S/C56H100N22O16/c1-8-27(4)40(49(89)70-32(13-9-17-65-54(58)59)43(83)69-33(14-10-18-66-55(60)61)44(84)76-41(29(6)81)50(90)71-34(53(93)94)15-11-19-67-56(62)63)75-45(85)35(22-31-23-64-25-68-31)72-47(87)38-16-12-20-78(38)52(92)36(21-26(2)3)73-51(91)42(30(7)82)77-46(86)37(24-79)74-48(88)39(57)28(5)80/h23,25-30,32-42,79-82H,8-22,24,57H2,1-7H3,(H,64,68)(H,69,83)(H,70,89)(H,71,90)(H,72,87)(H,73,91)(H,74,88)(H,75,85)(H,76,84)(H,77,86)(H,93,94)(H4,58,59,65)(H4,60,61,66)(H4,62,63,67)/t27-,28+,29+,30+,32-,33-,34-,35-,36-,37-,38-,39-,40-,41-,42-/m0/s1. The molecule has 10 amide bonds. The number of hydrogen-bond acceptors (Lipinski definition) is 20. The van der Waals surface area contributed by atoms with Gasteiger partial charge in [0.25, 0.3) is 0 Å². The fourth-order valence-corrected chi connectivity index (χ4v) is 9.61. The van der Waals surface area contributed by atoms with Crippen LogP contribution >= 0.6 is 0 Å². The number of aliphatic carboxylic acids is 1. The SMILES string of the molecule is CC[C@H](C)[C@H](NC(=O)[C@H](Cc1cnc[nH]1)NC(=O)[C@@H]1CCCN1C(=O)[C@H](CC(C)C)NC(=O)[C@@H](NC(=O)[C@H](CO)NC(=O)[C@@H](N)[C@@H](C)O)[C@@H](C)O)C(=O)N[C@@H](CCCN=C(N)N)C(=O)N[C@@H](CCCN=C(N)N)C(=O)N[C@H](C(=O)N[C@@H](CCCN=C(N)N)C(=O)O)[C@@H](C)O. The van der Waals surface area contributed by atoms with Gasteiger partial charge < -0.3 is 123 Å². The summed E-state index contributed by atoms with van der Waals surface area (Å²) < 4.78 is 0. The quantitative estimate of drug-likeness (QED) is 0.0164. The van der Waals surface area contributed by atoms with Gasteiger partial charge in [0.05, 0.1) is 31.2 Å². The smallest absolute Gasteiger partial charge is 0.326 e. The summed E-state index contributed by atoms with van der Waals surface area (Å²) in [6.45, 7) is 9.39. The average molecular weight is 1340 g/mol. The third-order valence-corrected chi connectivity index (χ3v) is 15.0. The lowest BCUT2D eigenvalue weighted by molar-refractivity contribution is -0.143. The Morgan fingerprint density at radius 2 is 1.00 bits per heavy atom. The van der Waals surface area contributed by atoms with Gasteiger partial charge in [0.1, 0.15) is 66.5 Å². The second kappa shape index (κ2) is 40.9. The summed E-state index contributed by atoms with van der Waals surface area (Å²) in [5.41, 5.74) is 38.8. The molecule has 15 atom stereocenters. The van der Waals surface area contributed by atoms with Crippen molar-refractivity contribution in [2.24, 2.45) is 66.9 Å². The Hall–Kier alpha value is -9.01. The molecule has 530 valence electrons. The maximum Gasteiger partial charge on any atom is 0.326 e. The monoisotopic (exact) mass is 1340 g/mol. The Morgan fingerprint density at radius 1 is 0.574 bits per heavy atom. The van der Waals surface area contributed by atoms with Crippen molar-refractivity contribution in [3.8, 4) is 0 Å². The van der Waals surface area contributed by atoms with Crippen LogP contribution in [-0.4, -0.2) is 241 Å². The number of aromatic nitrogens is 2.